The lowest BCUT2D eigenvalue weighted by molar-refractivity contribution is 0.0923. The first-order valence-electron chi connectivity index (χ1n) is 10.4. The quantitative estimate of drug-likeness (QED) is 0.628. The van der Waals surface area contributed by atoms with Crippen LogP contribution in [0.15, 0.2) is 54.9 Å². The topological polar surface area (TPSA) is 59.0 Å². The molecule has 2 aromatic carbocycles. The zero-order valence-electron chi connectivity index (χ0n) is 17.4. The Bertz CT molecular complexity index is 1040. The predicted octanol–water partition coefficient (Wildman–Crippen LogP) is 4.66. The molecule has 6 heteroatoms. The first-order valence-corrected chi connectivity index (χ1v) is 10.8. The molecule has 1 aliphatic rings. The Morgan fingerprint density at radius 1 is 1.23 bits per heavy atom. The van der Waals surface area contributed by atoms with E-state index >= 15 is 0 Å². The normalized spacial score (nSPS) is 17.5. The number of aromatic nitrogens is 2. The number of rotatable bonds is 5. The molecule has 2 heterocycles. The maximum atomic E-state index is 13.2. The van der Waals surface area contributed by atoms with E-state index in [-0.39, 0.29) is 18.0 Å². The van der Waals surface area contributed by atoms with E-state index in [0.717, 1.165) is 48.1 Å². The van der Waals surface area contributed by atoms with E-state index < -0.39 is 0 Å². The summed E-state index contributed by atoms with van der Waals surface area (Å²) in [5.41, 5.74) is 4.64. The summed E-state index contributed by atoms with van der Waals surface area (Å²) < 4.78 is 1.80. The Hall–Kier alpha value is -2.63. The van der Waals surface area contributed by atoms with Gasteiger partial charge in [-0.25, -0.2) is 0 Å². The molecule has 3 aromatic rings. The number of amides is 1. The van der Waals surface area contributed by atoms with E-state index in [1.54, 1.807) is 10.7 Å². The van der Waals surface area contributed by atoms with Crippen LogP contribution >= 0.6 is 11.6 Å². The van der Waals surface area contributed by atoms with Crippen molar-refractivity contribution in [2.75, 3.05) is 6.54 Å². The SMILES string of the molecule is Cc1cccc(C(=O)N[C@@H](c2cccc(-c3cnn(C)c3)c2)[C@@H]2CCCCN2)c1Cl. The Kier molecular flexibility index (Phi) is 6.21. The molecule has 1 aliphatic heterocycles. The van der Waals surface area contributed by atoms with Crippen molar-refractivity contribution in [3.63, 3.8) is 0 Å². The van der Waals surface area contributed by atoms with Crippen LogP contribution in [-0.4, -0.2) is 28.3 Å². The van der Waals surface area contributed by atoms with E-state index in [4.69, 9.17) is 11.6 Å². The monoisotopic (exact) mass is 422 g/mol. The van der Waals surface area contributed by atoms with Crippen LogP contribution in [0, 0.1) is 6.92 Å². The molecule has 1 saturated heterocycles. The summed E-state index contributed by atoms with van der Waals surface area (Å²) in [6.07, 6.45) is 7.19. The fourth-order valence-electron chi connectivity index (χ4n) is 4.10. The second-order valence-corrected chi connectivity index (χ2v) is 8.35. The Morgan fingerprint density at radius 3 is 2.80 bits per heavy atom. The van der Waals surface area contributed by atoms with Crippen LogP contribution in [-0.2, 0) is 7.05 Å². The summed E-state index contributed by atoms with van der Waals surface area (Å²) in [6.45, 7) is 2.88. The maximum Gasteiger partial charge on any atom is 0.253 e. The highest BCUT2D eigenvalue weighted by Gasteiger charge is 2.27. The van der Waals surface area contributed by atoms with Gasteiger partial charge in [0, 0.05) is 24.8 Å². The molecule has 2 N–H and O–H groups in total. The zero-order chi connectivity index (χ0) is 21.1. The van der Waals surface area contributed by atoms with Gasteiger partial charge in [-0.05, 0) is 55.1 Å². The van der Waals surface area contributed by atoms with Gasteiger partial charge in [0.1, 0.15) is 0 Å². The molecule has 1 amide bonds. The highest BCUT2D eigenvalue weighted by Crippen LogP contribution is 2.29. The highest BCUT2D eigenvalue weighted by molar-refractivity contribution is 6.34. The molecule has 0 bridgehead atoms. The smallest absolute Gasteiger partial charge is 0.253 e. The minimum Gasteiger partial charge on any atom is -0.344 e. The summed E-state index contributed by atoms with van der Waals surface area (Å²) in [7, 11) is 1.91. The average Bonchev–Trinajstić information content (AvgIpc) is 3.21. The van der Waals surface area contributed by atoms with Gasteiger partial charge >= 0.3 is 0 Å². The number of halogens is 1. The minimum atomic E-state index is -0.147. The molecule has 2 atom stereocenters. The Balaban J connectivity index is 1.66. The standard InChI is InChI=1S/C24H27ClN4O/c1-16-7-5-10-20(22(16)25)24(30)28-23(21-11-3-4-12-26-21)18-9-6-8-17(13-18)19-14-27-29(2)15-19/h5-10,13-15,21,23,26H,3-4,11-12H2,1-2H3,(H,28,30)/t21-,23-/m0/s1. The summed E-state index contributed by atoms with van der Waals surface area (Å²) in [5, 5.41) is 11.7. The van der Waals surface area contributed by atoms with Crippen molar-refractivity contribution >= 4 is 17.5 Å². The molecule has 0 spiro atoms. The zero-order valence-corrected chi connectivity index (χ0v) is 18.1. The average molecular weight is 423 g/mol. The van der Waals surface area contributed by atoms with E-state index in [0.29, 0.717) is 10.6 Å². The van der Waals surface area contributed by atoms with E-state index in [1.807, 2.05) is 44.6 Å². The number of carbonyl (C=O) groups is 1. The number of piperidine rings is 1. The van der Waals surface area contributed by atoms with Crippen molar-refractivity contribution in [1.82, 2.24) is 20.4 Å². The molecular formula is C24H27ClN4O. The van der Waals surface area contributed by atoms with E-state index in [2.05, 4.69) is 33.9 Å². The van der Waals surface area contributed by atoms with Gasteiger partial charge in [-0.2, -0.15) is 5.10 Å². The minimum absolute atomic E-state index is 0.146. The lowest BCUT2D eigenvalue weighted by atomic mass is 9.91. The fraction of sp³-hybridized carbons (Fsp3) is 0.333. The van der Waals surface area contributed by atoms with Crippen LogP contribution in [0.3, 0.4) is 0 Å². The second kappa shape index (κ2) is 9.02. The Morgan fingerprint density at radius 2 is 2.07 bits per heavy atom. The molecule has 156 valence electrons. The summed E-state index contributed by atoms with van der Waals surface area (Å²) >= 11 is 6.43. The van der Waals surface area contributed by atoms with Gasteiger partial charge in [0.05, 0.1) is 22.8 Å². The molecule has 0 saturated carbocycles. The third-order valence-corrected chi connectivity index (χ3v) is 6.26. The van der Waals surface area contributed by atoms with Crippen molar-refractivity contribution < 1.29 is 4.79 Å². The van der Waals surface area contributed by atoms with Gasteiger partial charge in [0.25, 0.3) is 5.91 Å². The predicted molar refractivity (Wildman–Crippen MR) is 121 cm³/mol. The highest BCUT2D eigenvalue weighted by atomic mass is 35.5. The number of hydrogen-bond donors (Lipinski definition) is 2. The van der Waals surface area contributed by atoms with Gasteiger partial charge in [-0.15, -0.1) is 0 Å². The molecular weight excluding hydrogens is 396 g/mol. The van der Waals surface area contributed by atoms with Gasteiger partial charge in [0.15, 0.2) is 0 Å². The molecule has 4 rings (SSSR count). The first-order chi connectivity index (χ1) is 14.5. The fourth-order valence-corrected chi connectivity index (χ4v) is 4.32. The second-order valence-electron chi connectivity index (χ2n) is 7.97. The van der Waals surface area contributed by atoms with Crippen LogP contribution in [0.1, 0.15) is 46.8 Å². The number of benzene rings is 2. The molecule has 0 radical (unpaired) electrons. The maximum absolute atomic E-state index is 13.2. The van der Waals surface area contributed by atoms with Crippen molar-refractivity contribution in [2.45, 2.75) is 38.3 Å². The summed E-state index contributed by atoms with van der Waals surface area (Å²) in [5.74, 6) is -0.146. The lowest BCUT2D eigenvalue weighted by Crippen LogP contribution is -2.46. The third kappa shape index (κ3) is 4.42. The van der Waals surface area contributed by atoms with Gasteiger partial charge in [-0.1, -0.05) is 48.4 Å². The van der Waals surface area contributed by atoms with Crippen molar-refractivity contribution in [1.29, 1.82) is 0 Å². The molecule has 1 fully saturated rings. The van der Waals surface area contributed by atoms with Crippen molar-refractivity contribution in [2.24, 2.45) is 7.05 Å². The van der Waals surface area contributed by atoms with Crippen molar-refractivity contribution in [3.05, 3.63) is 76.6 Å². The molecule has 30 heavy (non-hydrogen) atoms. The number of nitrogens with one attached hydrogen (secondary N) is 2. The number of carbonyl (C=O) groups excluding carboxylic acids is 1. The van der Waals surface area contributed by atoms with Crippen LogP contribution in [0.2, 0.25) is 5.02 Å². The lowest BCUT2D eigenvalue weighted by Gasteiger charge is -2.32. The molecule has 0 aliphatic carbocycles. The van der Waals surface area contributed by atoms with E-state index in [1.165, 1.54) is 0 Å². The van der Waals surface area contributed by atoms with Crippen LogP contribution < -0.4 is 10.6 Å². The van der Waals surface area contributed by atoms with Gasteiger partial charge in [0.2, 0.25) is 0 Å². The van der Waals surface area contributed by atoms with Crippen LogP contribution in [0.25, 0.3) is 11.1 Å². The number of nitrogens with zero attached hydrogens (tertiary/aromatic N) is 2. The summed E-state index contributed by atoms with van der Waals surface area (Å²) in [6, 6.07) is 13.9. The number of hydrogen-bond acceptors (Lipinski definition) is 3. The first kappa shape index (κ1) is 20.6. The third-order valence-electron chi connectivity index (χ3n) is 5.76. The molecule has 1 aromatic heterocycles. The van der Waals surface area contributed by atoms with Gasteiger partial charge in [-0.3, -0.25) is 9.48 Å². The van der Waals surface area contributed by atoms with E-state index in [9.17, 15) is 4.79 Å². The number of aryl methyl sites for hydroxylation is 2. The molecule has 5 nitrogen and oxygen atoms in total. The van der Waals surface area contributed by atoms with Gasteiger partial charge < -0.3 is 10.6 Å². The van der Waals surface area contributed by atoms with Crippen molar-refractivity contribution in [3.8, 4) is 11.1 Å². The molecule has 0 unspecified atom stereocenters. The largest absolute Gasteiger partial charge is 0.344 e. The summed E-state index contributed by atoms with van der Waals surface area (Å²) in [4.78, 5) is 13.2. The van der Waals surface area contributed by atoms with Crippen LogP contribution in [0.5, 0.6) is 0 Å². The Labute approximate surface area is 182 Å². The van der Waals surface area contributed by atoms with Crippen LogP contribution in [0.4, 0.5) is 0 Å².